The van der Waals surface area contributed by atoms with Crippen LogP contribution in [0.15, 0.2) is 53.4 Å². The summed E-state index contributed by atoms with van der Waals surface area (Å²) in [5.41, 5.74) is 2.38. The molecular weight excluding hydrogens is 252 g/mol. The summed E-state index contributed by atoms with van der Waals surface area (Å²) in [4.78, 5) is 1.22. The van der Waals surface area contributed by atoms with E-state index in [4.69, 9.17) is 0 Å². The minimum Gasteiger partial charge on any atom is -0.508 e. The first-order valence-electron chi connectivity index (χ1n) is 6.74. The van der Waals surface area contributed by atoms with Crippen molar-refractivity contribution in [1.29, 1.82) is 0 Å². The van der Waals surface area contributed by atoms with E-state index in [0.717, 1.165) is 18.4 Å². The summed E-state index contributed by atoms with van der Waals surface area (Å²) in [7, 11) is 0. The van der Waals surface area contributed by atoms with Crippen molar-refractivity contribution >= 4 is 11.8 Å². The fourth-order valence-corrected chi connectivity index (χ4v) is 3.16. The fraction of sp³-hybridized carbons (Fsp3) is 0.294. The third-order valence-electron chi connectivity index (χ3n) is 3.15. The van der Waals surface area contributed by atoms with Crippen LogP contribution in [0.3, 0.4) is 0 Å². The van der Waals surface area contributed by atoms with Gasteiger partial charge in [0.05, 0.1) is 0 Å². The zero-order chi connectivity index (χ0) is 13.7. The van der Waals surface area contributed by atoms with E-state index in [2.05, 4.69) is 44.2 Å². The Labute approximate surface area is 119 Å². The second-order valence-corrected chi connectivity index (χ2v) is 6.13. The zero-order valence-corrected chi connectivity index (χ0v) is 12.3. The van der Waals surface area contributed by atoms with Crippen LogP contribution in [0.5, 0.6) is 5.75 Å². The number of rotatable bonds is 5. The lowest BCUT2D eigenvalue weighted by molar-refractivity contribution is 0.467. The van der Waals surface area contributed by atoms with Crippen LogP contribution in [0.1, 0.15) is 36.6 Å². The first kappa shape index (κ1) is 14.0. The number of phenols is 1. The molecule has 1 atom stereocenters. The summed E-state index contributed by atoms with van der Waals surface area (Å²) in [6.45, 7) is 4.35. The van der Waals surface area contributed by atoms with Gasteiger partial charge in [0.2, 0.25) is 0 Å². The van der Waals surface area contributed by atoms with E-state index in [1.54, 1.807) is 0 Å². The lowest BCUT2D eigenvalue weighted by Crippen LogP contribution is -1.89. The molecule has 19 heavy (non-hydrogen) atoms. The SMILES string of the molecule is CCCc1cc(SC(C)c2ccccc2)ccc1O. The van der Waals surface area contributed by atoms with Crippen molar-refractivity contribution in [2.75, 3.05) is 0 Å². The van der Waals surface area contributed by atoms with Crippen LogP contribution in [-0.4, -0.2) is 5.11 Å². The molecule has 0 aliphatic carbocycles. The number of aromatic hydroxyl groups is 1. The van der Waals surface area contributed by atoms with Gasteiger partial charge in [0.1, 0.15) is 5.75 Å². The molecule has 100 valence electrons. The van der Waals surface area contributed by atoms with E-state index in [9.17, 15) is 5.11 Å². The summed E-state index contributed by atoms with van der Waals surface area (Å²) in [6, 6.07) is 16.4. The Morgan fingerprint density at radius 3 is 2.53 bits per heavy atom. The molecule has 0 saturated carbocycles. The van der Waals surface area contributed by atoms with Gasteiger partial charge in [-0.1, -0.05) is 43.7 Å². The third-order valence-corrected chi connectivity index (χ3v) is 4.30. The first-order valence-corrected chi connectivity index (χ1v) is 7.62. The highest BCUT2D eigenvalue weighted by Gasteiger charge is 2.08. The van der Waals surface area contributed by atoms with Gasteiger partial charge in [-0.25, -0.2) is 0 Å². The van der Waals surface area contributed by atoms with Crippen LogP contribution in [0.25, 0.3) is 0 Å². The Balaban J connectivity index is 2.13. The van der Waals surface area contributed by atoms with Crippen LogP contribution < -0.4 is 0 Å². The molecule has 1 nitrogen and oxygen atoms in total. The van der Waals surface area contributed by atoms with E-state index in [1.165, 1.54) is 10.5 Å². The number of hydrogen-bond acceptors (Lipinski definition) is 2. The molecule has 0 amide bonds. The summed E-state index contributed by atoms with van der Waals surface area (Å²) >= 11 is 1.83. The van der Waals surface area contributed by atoms with Gasteiger partial charge < -0.3 is 5.11 Å². The molecule has 2 aromatic carbocycles. The van der Waals surface area contributed by atoms with Crippen molar-refractivity contribution in [3.63, 3.8) is 0 Å². The maximum atomic E-state index is 9.81. The predicted molar refractivity (Wildman–Crippen MR) is 82.8 cm³/mol. The highest BCUT2D eigenvalue weighted by atomic mass is 32.2. The molecule has 2 rings (SSSR count). The smallest absolute Gasteiger partial charge is 0.118 e. The van der Waals surface area contributed by atoms with Crippen LogP contribution in [0, 0.1) is 0 Å². The minimum absolute atomic E-state index is 0.415. The fourth-order valence-electron chi connectivity index (χ4n) is 2.10. The van der Waals surface area contributed by atoms with Gasteiger partial charge in [-0.3, -0.25) is 0 Å². The van der Waals surface area contributed by atoms with E-state index in [1.807, 2.05) is 30.0 Å². The van der Waals surface area contributed by atoms with Crippen LogP contribution in [0.4, 0.5) is 0 Å². The Bertz CT molecular complexity index is 522. The monoisotopic (exact) mass is 272 g/mol. The summed E-state index contributed by atoms with van der Waals surface area (Å²) in [5.74, 6) is 0.415. The molecule has 0 aromatic heterocycles. The summed E-state index contributed by atoms with van der Waals surface area (Å²) < 4.78 is 0. The molecule has 0 aliphatic rings. The molecule has 2 heteroatoms. The standard InChI is InChI=1S/C17H20OS/c1-3-7-15-12-16(10-11-17(15)18)19-13(2)14-8-5-4-6-9-14/h4-6,8-13,18H,3,7H2,1-2H3. The lowest BCUT2D eigenvalue weighted by atomic mass is 10.1. The molecule has 0 aliphatic heterocycles. The minimum atomic E-state index is 0.415. The molecule has 0 radical (unpaired) electrons. The van der Waals surface area contributed by atoms with Crippen molar-refractivity contribution < 1.29 is 5.11 Å². The maximum absolute atomic E-state index is 9.81. The predicted octanol–water partition coefficient (Wildman–Crippen LogP) is 5.20. The van der Waals surface area contributed by atoms with Crippen molar-refractivity contribution in [2.45, 2.75) is 36.8 Å². The van der Waals surface area contributed by atoms with Gasteiger partial charge >= 0.3 is 0 Å². The van der Waals surface area contributed by atoms with Crippen molar-refractivity contribution in [1.82, 2.24) is 0 Å². The van der Waals surface area contributed by atoms with Gasteiger partial charge in [-0.2, -0.15) is 0 Å². The van der Waals surface area contributed by atoms with Crippen molar-refractivity contribution in [2.24, 2.45) is 0 Å². The van der Waals surface area contributed by atoms with Gasteiger partial charge in [-0.05, 0) is 42.7 Å². The molecule has 0 heterocycles. The zero-order valence-electron chi connectivity index (χ0n) is 11.5. The highest BCUT2D eigenvalue weighted by molar-refractivity contribution is 7.99. The first-order chi connectivity index (χ1) is 9.20. The Hall–Kier alpha value is -1.41. The average Bonchev–Trinajstić information content (AvgIpc) is 2.44. The Kier molecular flexibility index (Phi) is 4.92. The third kappa shape index (κ3) is 3.77. The number of phenolic OH excluding ortho intramolecular Hbond substituents is 1. The Morgan fingerprint density at radius 1 is 1.11 bits per heavy atom. The number of benzene rings is 2. The quantitative estimate of drug-likeness (QED) is 0.755. The second kappa shape index (κ2) is 6.67. The summed E-state index contributed by atoms with van der Waals surface area (Å²) in [5, 5.41) is 10.2. The van der Waals surface area contributed by atoms with Gasteiger partial charge in [0.15, 0.2) is 0 Å². The number of aryl methyl sites for hydroxylation is 1. The van der Waals surface area contributed by atoms with Crippen molar-refractivity contribution in [3.05, 3.63) is 59.7 Å². The molecular formula is C17H20OS. The number of thioether (sulfide) groups is 1. The molecule has 0 saturated heterocycles. The largest absolute Gasteiger partial charge is 0.508 e. The normalized spacial score (nSPS) is 12.3. The second-order valence-electron chi connectivity index (χ2n) is 4.71. The molecule has 0 spiro atoms. The van der Waals surface area contributed by atoms with Crippen LogP contribution in [-0.2, 0) is 6.42 Å². The number of hydrogen-bond donors (Lipinski definition) is 1. The topological polar surface area (TPSA) is 20.2 Å². The maximum Gasteiger partial charge on any atom is 0.118 e. The van der Waals surface area contributed by atoms with Gasteiger partial charge in [-0.15, -0.1) is 11.8 Å². The molecule has 0 bridgehead atoms. The van der Waals surface area contributed by atoms with E-state index < -0.39 is 0 Å². The van der Waals surface area contributed by atoms with Crippen molar-refractivity contribution in [3.8, 4) is 5.75 Å². The molecule has 1 unspecified atom stereocenters. The molecule has 1 N–H and O–H groups in total. The summed E-state index contributed by atoms with van der Waals surface area (Å²) in [6.07, 6.45) is 1.98. The van der Waals surface area contributed by atoms with Gasteiger partial charge in [0, 0.05) is 10.1 Å². The molecule has 0 fully saturated rings. The molecule has 2 aromatic rings. The van der Waals surface area contributed by atoms with E-state index in [-0.39, 0.29) is 0 Å². The van der Waals surface area contributed by atoms with E-state index in [0.29, 0.717) is 11.0 Å². The highest BCUT2D eigenvalue weighted by Crippen LogP contribution is 2.36. The average molecular weight is 272 g/mol. The van der Waals surface area contributed by atoms with Crippen LogP contribution in [0.2, 0.25) is 0 Å². The lowest BCUT2D eigenvalue weighted by Gasteiger charge is -2.13. The Morgan fingerprint density at radius 2 is 1.84 bits per heavy atom. The van der Waals surface area contributed by atoms with E-state index >= 15 is 0 Å². The van der Waals surface area contributed by atoms with Gasteiger partial charge in [0.25, 0.3) is 0 Å². The van der Waals surface area contributed by atoms with Crippen LogP contribution >= 0.6 is 11.8 Å².